The average Bonchev–Trinajstić information content (AvgIpc) is 2.72. The van der Waals surface area contributed by atoms with E-state index in [2.05, 4.69) is 6.92 Å². The standard InChI is InChI=1S/C12H18BNO3/c1-2-10(14)6-7-16-11-5-3-4-9-8-17-13(15)12(9)11/h3-5,10,15H,2,6-8,14H2,1H3/t10-/m1/s1. The van der Waals surface area contributed by atoms with Gasteiger partial charge in [-0.15, -0.1) is 0 Å². The summed E-state index contributed by atoms with van der Waals surface area (Å²) in [5.41, 5.74) is 7.58. The van der Waals surface area contributed by atoms with Gasteiger partial charge in [0.2, 0.25) is 0 Å². The molecule has 1 aromatic rings. The highest BCUT2D eigenvalue weighted by Crippen LogP contribution is 2.18. The molecule has 0 amide bonds. The summed E-state index contributed by atoms with van der Waals surface area (Å²) in [5.74, 6) is 0.704. The van der Waals surface area contributed by atoms with Gasteiger partial charge in [-0.25, -0.2) is 0 Å². The van der Waals surface area contributed by atoms with Crippen molar-refractivity contribution in [2.24, 2.45) is 5.73 Å². The fraction of sp³-hybridized carbons (Fsp3) is 0.500. The highest BCUT2D eigenvalue weighted by atomic mass is 16.5. The smallest absolute Gasteiger partial charge is 0.494 e. The Labute approximate surface area is 102 Å². The monoisotopic (exact) mass is 235 g/mol. The fourth-order valence-electron chi connectivity index (χ4n) is 1.90. The van der Waals surface area contributed by atoms with Crippen LogP contribution < -0.4 is 15.9 Å². The molecule has 0 unspecified atom stereocenters. The Morgan fingerprint density at radius 2 is 2.41 bits per heavy atom. The van der Waals surface area contributed by atoms with Gasteiger partial charge in [0.15, 0.2) is 0 Å². The SMILES string of the molecule is CC[C@@H](N)CCOc1cccc2c1B(O)OC2. The van der Waals surface area contributed by atoms with E-state index >= 15 is 0 Å². The van der Waals surface area contributed by atoms with Crippen molar-refractivity contribution in [1.82, 2.24) is 0 Å². The van der Waals surface area contributed by atoms with Crippen LogP contribution in [0.15, 0.2) is 18.2 Å². The molecule has 0 aromatic heterocycles. The third-order valence-electron chi connectivity index (χ3n) is 3.07. The molecule has 0 radical (unpaired) electrons. The maximum absolute atomic E-state index is 9.69. The van der Waals surface area contributed by atoms with E-state index in [1.54, 1.807) is 0 Å². The summed E-state index contributed by atoms with van der Waals surface area (Å²) in [5, 5.41) is 9.69. The molecule has 0 bridgehead atoms. The molecule has 92 valence electrons. The van der Waals surface area contributed by atoms with Crippen molar-refractivity contribution in [3.05, 3.63) is 23.8 Å². The second-order valence-corrected chi connectivity index (χ2v) is 4.30. The highest BCUT2D eigenvalue weighted by molar-refractivity contribution is 6.62. The first-order valence-corrected chi connectivity index (χ1v) is 6.02. The van der Waals surface area contributed by atoms with Gasteiger partial charge in [0.1, 0.15) is 5.75 Å². The van der Waals surface area contributed by atoms with Crippen molar-refractivity contribution in [3.8, 4) is 5.75 Å². The number of ether oxygens (including phenoxy) is 1. The Kier molecular flexibility index (Phi) is 4.04. The molecular weight excluding hydrogens is 217 g/mol. The van der Waals surface area contributed by atoms with Crippen molar-refractivity contribution >= 4 is 12.6 Å². The summed E-state index contributed by atoms with van der Waals surface area (Å²) >= 11 is 0. The van der Waals surface area contributed by atoms with Crippen LogP contribution in [-0.4, -0.2) is 24.8 Å². The van der Waals surface area contributed by atoms with Gasteiger partial charge in [-0.3, -0.25) is 0 Å². The first-order chi connectivity index (χ1) is 8.22. The van der Waals surface area contributed by atoms with Gasteiger partial charge in [0.05, 0.1) is 13.2 Å². The quantitative estimate of drug-likeness (QED) is 0.725. The molecule has 17 heavy (non-hydrogen) atoms. The number of benzene rings is 1. The maximum atomic E-state index is 9.69. The summed E-state index contributed by atoms with van der Waals surface area (Å²) < 4.78 is 10.8. The zero-order valence-electron chi connectivity index (χ0n) is 10.1. The Morgan fingerprint density at radius 3 is 3.18 bits per heavy atom. The second kappa shape index (κ2) is 5.53. The number of nitrogens with two attached hydrogens (primary N) is 1. The van der Waals surface area contributed by atoms with E-state index in [1.807, 2.05) is 18.2 Å². The zero-order valence-corrected chi connectivity index (χ0v) is 10.1. The Hall–Kier alpha value is -1.04. The van der Waals surface area contributed by atoms with E-state index < -0.39 is 7.12 Å². The second-order valence-electron chi connectivity index (χ2n) is 4.30. The molecule has 0 saturated carbocycles. The van der Waals surface area contributed by atoms with Gasteiger partial charge < -0.3 is 20.1 Å². The van der Waals surface area contributed by atoms with Crippen LogP contribution in [0.5, 0.6) is 5.75 Å². The van der Waals surface area contributed by atoms with E-state index in [1.165, 1.54) is 0 Å². The van der Waals surface area contributed by atoms with Crippen LogP contribution in [0.2, 0.25) is 0 Å². The van der Waals surface area contributed by atoms with Gasteiger partial charge >= 0.3 is 7.12 Å². The lowest BCUT2D eigenvalue weighted by Crippen LogP contribution is -2.30. The molecule has 1 aromatic carbocycles. The van der Waals surface area contributed by atoms with Gasteiger partial charge in [-0.05, 0) is 24.5 Å². The van der Waals surface area contributed by atoms with Gasteiger partial charge in [0.25, 0.3) is 0 Å². The minimum absolute atomic E-state index is 0.174. The topological polar surface area (TPSA) is 64.7 Å². The van der Waals surface area contributed by atoms with E-state index in [-0.39, 0.29) is 6.04 Å². The molecule has 5 heteroatoms. The van der Waals surface area contributed by atoms with E-state index in [4.69, 9.17) is 15.1 Å². The van der Waals surface area contributed by atoms with Crippen molar-refractivity contribution in [3.63, 3.8) is 0 Å². The lowest BCUT2D eigenvalue weighted by molar-refractivity contribution is 0.274. The summed E-state index contributed by atoms with van der Waals surface area (Å²) in [7, 11) is -0.860. The van der Waals surface area contributed by atoms with Crippen LogP contribution in [0.4, 0.5) is 0 Å². The van der Waals surface area contributed by atoms with Crippen LogP contribution in [0.25, 0.3) is 0 Å². The lowest BCUT2D eigenvalue weighted by Gasteiger charge is -2.13. The number of hydrogen-bond donors (Lipinski definition) is 2. The van der Waals surface area contributed by atoms with Crippen LogP contribution in [-0.2, 0) is 11.3 Å². The zero-order chi connectivity index (χ0) is 12.3. The molecular formula is C12H18BNO3. The average molecular weight is 235 g/mol. The predicted molar refractivity (Wildman–Crippen MR) is 67.2 cm³/mol. The lowest BCUT2D eigenvalue weighted by atomic mass is 9.79. The molecule has 0 fully saturated rings. The number of fused-ring (bicyclic) bond motifs is 1. The first-order valence-electron chi connectivity index (χ1n) is 6.02. The highest BCUT2D eigenvalue weighted by Gasteiger charge is 2.30. The minimum atomic E-state index is -0.860. The number of hydrogen-bond acceptors (Lipinski definition) is 4. The Balaban J connectivity index is 2.00. The maximum Gasteiger partial charge on any atom is 0.495 e. The number of rotatable bonds is 5. The third kappa shape index (κ3) is 2.80. The molecule has 0 saturated heterocycles. The molecule has 0 aliphatic carbocycles. The van der Waals surface area contributed by atoms with Gasteiger partial charge in [-0.1, -0.05) is 19.1 Å². The molecule has 1 atom stereocenters. The third-order valence-corrected chi connectivity index (χ3v) is 3.07. The van der Waals surface area contributed by atoms with E-state index in [0.29, 0.717) is 19.0 Å². The Bertz CT molecular complexity index is 386. The van der Waals surface area contributed by atoms with Gasteiger partial charge in [-0.2, -0.15) is 0 Å². The van der Waals surface area contributed by atoms with E-state index in [0.717, 1.165) is 23.9 Å². The molecule has 1 heterocycles. The van der Waals surface area contributed by atoms with Crippen LogP contribution >= 0.6 is 0 Å². The Morgan fingerprint density at radius 1 is 1.59 bits per heavy atom. The van der Waals surface area contributed by atoms with Crippen LogP contribution in [0.1, 0.15) is 25.3 Å². The minimum Gasteiger partial charge on any atom is -0.494 e. The molecule has 1 aliphatic rings. The van der Waals surface area contributed by atoms with Crippen molar-refractivity contribution in [2.45, 2.75) is 32.4 Å². The summed E-state index contributed by atoms with van der Waals surface area (Å²) in [6, 6.07) is 5.88. The molecule has 1 aliphatic heterocycles. The fourth-order valence-corrected chi connectivity index (χ4v) is 1.90. The molecule has 4 nitrogen and oxygen atoms in total. The van der Waals surface area contributed by atoms with Crippen LogP contribution in [0, 0.1) is 0 Å². The van der Waals surface area contributed by atoms with Crippen molar-refractivity contribution in [2.75, 3.05) is 6.61 Å². The van der Waals surface area contributed by atoms with E-state index in [9.17, 15) is 5.02 Å². The molecule has 0 spiro atoms. The van der Waals surface area contributed by atoms with Gasteiger partial charge in [0, 0.05) is 11.5 Å². The summed E-state index contributed by atoms with van der Waals surface area (Å²) in [6.45, 7) is 3.07. The molecule has 3 N–H and O–H groups in total. The van der Waals surface area contributed by atoms with Crippen molar-refractivity contribution < 1.29 is 14.4 Å². The summed E-state index contributed by atoms with van der Waals surface area (Å²) in [4.78, 5) is 0. The normalized spacial score (nSPS) is 15.8. The summed E-state index contributed by atoms with van der Waals surface area (Å²) in [6.07, 6.45) is 1.76. The van der Waals surface area contributed by atoms with Crippen molar-refractivity contribution in [1.29, 1.82) is 0 Å². The first kappa shape index (κ1) is 12.4. The largest absolute Gasteiger partial charge is 0.495 e. The predicted octanol–water partition coefficient (Wildman–Crippen LogP) is 0.410. The van der Waals surface area contributed by atoms with Crippen LogP contribution in [0.3, 0.4) is 0 Å². The molecule has 2 rings (SSSR count).